The van der Waals surface area contributed by atoms with Crippen molar-refractivity contribution in [2.75, 3.05) is 13.1 Å². The second-order valence-corrected chi connectivity index (χ2v) is 5.60. The quantitative estimate of drug-likeness (QED) is 0.797. The second kappa shape index (κ2) is 4.67. The third kappa shape index (κ3) is 2.79. The third-order valence-corrected chi connectivity index (χ3v) is 4.11. The van der Waals surface area contributed by atoms with Crippen LogP contribution in [0, 0.1) is 11.3 Å². The number of hydrogen-bond donors (Lipinski definition) is 1. The molecule has 1 atom stereocenters. The van der Waals surface area contributed by atoms with Crippen molar-refractivity contribution in [3.05, 3.63) is 0 Å². The molecule has 0 radical (unpaired) electrons. The van der Waals surface area contributed by atoms with E-state index in [-0.39, 0.29) is 11.8 Å². The lowest BCUT2D eigenvalue weighted by Crippen LogP contribution is -2.45. The second-order valence-electron chi connectivity index (χ2n) is 5.60. The fourth-order valence-corrected chi connectivity index (χ4v) is 2.87. The van der Waals surface area contributed by atoms with Gasteiger partial charge in [-0.25, -0.2) is 0 Å². The highest BCUT2D eigenvalue weighted by Gasteiger charge is 2.44. The third-order valence-electron chi connectivity index (χ3n) is 4.11. The van der Waals surface area contributed by atoms with Crippen molar-refractivity contribution < 1.29 is 14.7 Å². The van der Waals surface area contributed by atoms with E-state index in [1.807, 2.05) is 0 Å². The molecule has 0 aromatic rings. The lowest BCUT2D eigenvalue weighted by atomic mass is 9.94. The van der Waals surface area contributed by atoms with Crippen LogP contribution in [-0.2, 0) is 9.59 Å². The number of likely N-dealkylation sites (tertiary alicyclic amines) is 1. The van der Waals surface area contributed by atoms with E-state index < -0.39 is 5.97 Å². The van der Waals surface area contributed by atoms with Gasteiger partial charge in [-0.1, -0.05) is 13.3 Å². The lowest BCUT2D eigenvalue weighted by molar-refractivity contribution is -0.147. The van der Waals surface area contributed by atoms with Gasteiger partial charge in [-0.15, -0.1) is 0 Å². The SMILES string of the molecule is CCCC1(CN2CC(C(=O)O)CCC2=O)CC1. The first kappa shape index (κ1) is 12.4. The van der Waals surface area contributed by atoms with E-state index in [1.165, 1.54) is 12.8 Å². The highest BCUT2D eigenvalue weighted by atomic mass is 16.4. The Balaban J connectivity index is 1.94. The number of amides is 1. The number of nitrogens with zero attached hydrogens (tertiary/aromatic N) is 1. The predicted octanol–water partition coefficient (Wildman–Crippen LogP) is 1.89. The van der Waals surface area contributed by atoms with Gasteiger partial charge in [0.1, 0.15) is 0 Å². The molecule has 1 unspecified atom stereocenters. The van der Waals surface area contributed by atoms with Crippen molar-refractivity contribution in [2.24, 2.45) is 11.3 Å². The standard InChI is InChI=1S/C13H21NO3/c1-2-5-13(6-7-13)9-14-8-10(12(16)17)3-4-11(14)15/h10H,2-9H2,1H3,(H,16,17). The van der Waals surface area contributed by atoms with Gasteiger partial charge in [-0.3, -0.25) is 9.59 Å². The Hall–Kier alpha value is -1.06. The van der Waals surface area contributed by atoms with Crippen LogP contribution >= 0.6 is 0 Å². The van der Waals surface area contributed by atoms with Gasteiger partial charge in [0.15, 0.2) is 0 Å². The van der Waals surface area contributed by atoms with Crippen LogP contribution in [-0.4, -0.2) is 35.0 Å². The molecular weight excluding hydrogens is 218 g/mol. The number of aliphatic carboxylic acids is 1. The topological polar surface area (TPSA) is 57.6 Å². The van der Waals surface area contributed by atoms with Crippen LogP contribution in [0.1, 0.15) is 45.4 Å². The van der Waals surface area contributed by atoms with Gasteiger partial charge in [-0.2, -0.15) is 0 Å². The molecule has 1 saturated heterocycles. The van der Waals surface area contributed by atoms with Crippen LogP contribution in [0.15, 0.2) is 0 Å². The molecule has 0 aromatic carbocycles. The van der Waals surface area contributed by atoms with Gasteiger partial charge < -0.3 is 10.0 Å². The molecule has 1 N–H and O–H groups in total. The molecular formula is C13H21NO3. The van der Waals surface area contributed by atoms with Crippen molar-refractivity contribution in [3.63, 3.8) is 0 Å². The minimum absolute atomic E-state index is 0.143. The Morgan fingerprint density at radius 2 is 2.24 bits per heavy atom. The summed E-state index contributed by atoms with van der Waals surface area (Å²) in [6, 6.07) is 0. The first-order chi connectivity index (χ1) is 8.06. The van der Waals surface area contributed by atoms with Gasteiger partial charge in [0.2, 0.25) is 5.91 Å². The lowest BCUT2D eigenvalue weighted by Gasteiger charge is -2.33. The maximum Gasteiger partial charge on any atom is 0.308 e. The minimum atomic E-state index is -0.761. The molecule has 0 spiro atoms. The summed E-state index contributed by atoms with van der Waals surface area (Å²) in [4.78, 5) is 24.6. The van der Waals surface area contributed by atoms with Crippen molar-refractivity contribution in [1.82, 2.24) is 4.90 Å². The number of rotatable bonds is 5. The molecule has 0 aromatic heterocycles. The van der Waals surface area contributed by atoms with Crippen LogP contribution in [0.3, 0.4) is 0 Å². The summed E-state index contributed by atoms with van der Waals surface area (Å²) in [5.74, 6) is -0.974. The molecule has 2 aliphatic rings. The molecule has 1 aliphatic carbocycles. The van der Waals surface area contributed by atoms with Crippen molar-refractivity contribution in [1.29, 1.82) is 0 Å². The number of carboxylic acid groups (broad SMARTS) is 1. The van der Waals surface area contributed by atoms with Crippen molar-refractivity contribution in [3.8, 4) is 0 Å². The molecule has 4 heteroatoms. The maximum absolute atomic E-state index is 11.8. The molecule has 0 bridgehead atoms. The summed E-state index contributed by atoms with van der Waals surface area (Å²) >= 11 is 0. The molecule has 17 heavy (non-hydrogen) atoms. The van der Waals surface area contributed by atoms with E-state index >= 15 is 0 Å². The van der Waals surface area contributed by atoms with Crippen molar-refractivity contribution in [2.45, 2.75) is 45.4 Å². The van der Waals surface area contributed by atoms with E-state index in [0.717, 1.165) is 19.4 Å². The highest BCUT2D eigenvalue weighted by molar-refractivity contribution is 5.80. The Morgan fingerprint density at radius 3 is 2.76 bits per heavy atom. The zero-order valence-electron chi connectivity index (χ0n) is 10.4. The first-order valence-corrected chi connectivity index (χ1v) is 6.57. The molecule has 2 rings (SSSR count). The van der Waals surface area contributed by atoms with Gasteiger partial charge >= 0.3 is 5.97 Å². The van der Waals surface area contributed by atoms with Crippen LogP contribution in [0.25, 0.3) is 0 Å². The van der Waals surface area contributed by atoms with Crippen molar-refractivity contribution >= 4 is 11.9 Å². The summed E-state index contributed by atoms with van der Waals surface area (Å²) in [7, 11) is 0. The summed E-state index contributed by atoms with van der Waals surface area (Å²) in [6.07, 6.45) is 5.61. The molecule has 1 saturated carbocycles. The fraction of sp³-hybridized carbons (Fsp3) is 0.846. The van der Waals surface area contributed by atoms with Crippen LogP contribution in [0.5, 0.6) is 0 Å². The van der Waals surface area contributed by atoms with E-state index in [4.69, 9.17) is 5.11 Å². The zero-order valence-corrected chi connectivity index (χ0v) is 10.4. The van der Waals surface area contributed by atoms with Crippen LogP contribution in [0.4, 0.5) is 0 Å². The minimum Gasteiger partial charge on any atom is -0.481 e. The van der Waals surface area contributed by atoms with Gasteiger partial charge in [-0.05, 0) is 31.1 Å². The number of carbonyl (C=O) groups is 2. The van der Waals surface area contributed by atoms with Crippen LogP contribution < -0.4 is 0 Å². The maximum atomic E-state index is 11.8. The van der Waals surface area contributed by atoms with Gasteiger partial charge in [0.25, 0.3) is 0 Å². The largest absolute Gasteiger partial charge is 0.481 e. The molecule has 1 aliphatic heterocycles. The Kier molecular flexibility index (Phi) is 3.40. The number of carboxylic acids is 1. The van der Waals surface area contributed by atoms with Gasteiger partial charge in [0, 0.05) is 19.5 Å². The van der Waals surface area contributed by atoms with E-state index in [2.05, 4.69) is 6.92 Å². The number of carbonyl (C=O) groups excluding carboxylic acids is 1. The van der Waals surface area contributed by atoms with Gasteiger partial charge in [0.05, 0.1) is 5.92 Å². The average molecular weight is 239 g/mol. The Morgan fingerprint density at radius 1 is 1.53 bits per heavy atom. The molecule has 96 valence electrons. The summed E-state index contributed by atoms with van der Waals surface area (Å²) in [5, 5.41) is 9.02. The van der Waals surface area contributed by atoms with E-state index in [0.29, 0.717) is 24.8 Å². The average Bonchev–Trinajstić information content (AvgIpc) is 3.02. The summed E-state index contributed by atoms with van der Waals surface area (Å²) < 4.78 is 0. The Labute approximate surface area is 102 Å². The molecule has 1 amide bonds. The molecule has 4 nitrogen and oxygen atoms in total. The zero-order chi connectivity index (χ0) is 12.5. The summed E-state index contributed by atoms with van der Waals surface area (Å²) in [6.45, 7) is 3.36. The molecule has 1 heterocycles. The Bertz CT molecular complexity index is 323. The number of piperidine rings is 1. The van der Waals surface area contributed by atoms with E-state index in [9.17, 15) is 9.59 Å². The van der Waals surface area contributed by atoms with E-state index in [1.54, 1.807) is 4.90 Å². The summed E-state index contributed by atoms with van der Waals surface area (Å²) in [5.41, 5.74) is 0.324. The van der Waals surface area contributed by atoms with Crippen LogP contribution in [0.2, 0.25) is 0 Å². The predicted molar refractivity (Wildman–Crippen MR) is 63.5 cm³/mol. The number of hydrogen-bond acceptors (Lipinski definition) is 2. The molecule has 2 fully saturated rings. The normalized spacial score (nSPS) is 27.0. The monoisotopic (exact) mass is 239 g/mol. The smallest absolute Gasteiger partial charge is 0.308 e. The fourth-order valence-electron chi connectivity index (χ4n) is 2.87. The first-order valence-electron chi connectivity index (χ1n) is 6.57. The highest BCUT2D eigenvalue weighted by Crippen LogP contribution is 2.50.